The van der Waals surface area contributed by atoms with Gasteiger partial charge in [-0.05, 0) is 19.3 Å². The van der Waals surface area contributed by atoms with Gasteiger partial charge in [-0.25, -0.2) is 0 Å². The van der Waals surface area contributed by atoms with Crippen LogP contribution in [0.2, 0.25) is 0 Å². The van der Waals surface area contributed by atoms with Crippen LogP contribution in [0.25, 0.3) is 0 Å². The van der Waals surface area contributed by atoms with Crippen LogP contribution in [0.5, 0.6) is 0 Å². The number of likely N-dealkylation sites (N-methyl/N-ethyl adjacent to an activating group) is 1. The van der Waals surface area contributed by atoms with Crippen molar-refractivity contribution in [1.82, 2.24) is 5.32 Å². The summed E-state index contributed by atoms with van der Waals surface area (Å²) in [5, 5.41) is 2.05. The van der Waals surface area contributed by atoms with Gasteiger partial charge in [0.25, 0.3) is 0 Å². The normalized spacial score (nSPS) is 16.0. The topological polar surface area (TPSA) is 38.0 Å². The third kappa shape index (κ3) is 2.72. The first-order valence-corrected chi connectivity index (χ1v) is 2.64. The highest BCUT2D eigenvalue weighted by Gasteiger charge is 2.36. The minimum Gasteiger partial charge on any atom is -0.405 e. The molecule has 0 saturated carbocycles. The minimum atomic E-state index is -4.26. The molecule has 2 nitrogen and oxygen atoms in total. The fraction of sp³-hybridized carbons (Fsp3) is 0.600. The highest BCUT2D eigenvalue weighted by molar-refractivity contribution is 4.94. The molecule has 60 valence electrons. The average Bonchev–Trinajstić information content (AvgIpc) is 1.80. The molecule has 0 fully saturated rings. The van der Waals surface area contributed by atoms with Crippen LogP contribution in [0.15, 0.2) is 12.3 Å². The zero-order chi connectivity index (χ0) is 8.20. The van der Waals surface area contributed by atoms with Crippen molar-refractivity contribution in [1.29, 1.82) is 0 Å². The standard InChI is InChI=1S/C5H9F3N2/c1-10-4(2-3-9)5(6,7)8/h2-4,10H,9H2,1H3/b3-2-. The van der Waals surface area contributed by atoms with Crippen molar-refractivity contribution in [2.24, 2.45) is 5.73 Å². The highest BCUT2D eigenvalue weighted by Crippen LogP contribution is 2.20. The molecule has 0 heterocycles. The van der Waals surface area contributed by atoms with Gasteiger partial charge in [0.05, 0.1) is 0 Å². The van der Waals surface area contributed by atoms with Crippen LogP contribution in [-0.2, 0) is 0 Å². The molecule has 0 aromatic heterocycles. The Labute approximate surface area is 56.9 Å². The summed E-state index contributed by atoms with van der Waals surface area (Å²) in [6, 6.07) is -1.64. The lowest BCUT2D eigenvalue weighted by molar-refractivity contribution is -0.143. The average molecular weight is 154 g/mol. The predicted octanol–water partition coefficient (Wildman–Crippen LogP) is 0.609. The first-order chi connectivity index (χ1) is 4.52. The fourth-order valence-electron chi connectivity index (χ4n) is 0.480. The zero-order valence-electron chi connectivity index (χ0n) is 5.44. The molecule has 1 unspecified atom stereocenters. The summed E-state index contributed by atoms with van der Waals surface area (Å²) in [5.41, 5.74) is 4.78. The maximum atomic E-state index is 11.7. The van der Waals surface area contributed by atoms with Gasteiger partial charge < -0.3 is 11.1 Å². The summed E-state index contributed by atoms with van der Waals surface area (Å²) in [5.74, 6) is 0. The molecule has 0 aromatic rings. The van der Waals surface area contributed by atoms with Crippen molar-refractivity contribution in [2.45, 2.75) is 12.2 Å². The van der Waals surface area contributed by atoms with Gasteiger partial charge in [0.15, 0.2) is 0 Å². The van der Waals surface area contributed by atoms with E-state index in [0.717, 1.165) is 12.3 Å². The van der Waals surface area contributed by atoms with Crippen molar-refractivity contribution < 1.29 is 13.2 Å². The van der Waals surface area contributed by atoms with E-state index in [0.29, 0.717) is 0 Å². The first-order valence-electron chi connectivity index (χ1n) is 2.64. The lowest BCUT2D eigenvalue weighted by Gasteiger charge is -2.14. The van der Waals surface area contributed by atoms with Crippen molar-refractivity contribution in [3.63, 3.8) is 0 Å². The molecule has 10 heavy (non-hydrogen) atoms. The quantitative estimate of drug-likeness (QED) is 0.611. The van der Waals surface area contributed by atoms with E-state index in [9.17, 15) is 13.2 Å². The van der Waals surface area contributed by atoms with Crippen molar-refractivity contribution >= 4 is 0 Å². The largest absolute Gasteiger partial charge is 0.407 e. The van der Waals surface area contributed by atoms with E-state index in [2.05, 4.69) is 5.32 Å². The molecule has 0 bridgehead atoms. The van der Waals surface area contributed by atoms with Crippen molar-refractivity contribution in [3.8, 4) is 0 Å². The van der Waals surface area contributed by atoms with Crippen LogP contribution in [0.4, 0.5) is 13.2 Å². The molecule has 0 amide bonds. The molecule has 3 N–H and O–H groups in total. The van der Waals surface area contributed by atoms with Gasteiger partial charge in [0, 0.05) is 0 Å². The van der Waals surface area contributed by atoms with Gasteiger partial charge in [-0.15, -0.1) is 0 Å². The Bertz CT molecular complexity index is 119. The Kier molecular flexibility index (Phi) is 3.21. The van der Waals surface area contributed by atoms with Gasteiger partial charge in [-0.1, -0.05) is 0 Å². The lowest BCUT2D eigenvalue weighted by atomic mass is 10.3. The summed E-state index contributed by atoms with van der Waals surface area (Å²) in [6.45, 7) is 0. The lowest BCUT2D eigenvalue weighted by Crippen LogP contribution is -2.38. The third-order valence-electron chi connectivity index (χ3n) is 0.967. The monoisotopic (exact) mass is 154 g/mol. The first kappa shape index (κ1) is 9.29. The van der Waals surface area contributed by atoms with Gasteiger partial charge >= 0.3 is 6.18 Å². The van der Waals surface area contributed by atoms with Gasteiger partial charge in [0.2, 0.25) is 0 Å². The Morgan fingerprint density at radius 1 is 1.50 bits per heavy atom. The van der Waals surface area contributed by atoms with E-state index in [1.165, 1.54) is 7.05 Å². The Hall–Kier alpha value is -0.710. The Morgan fingerprint density at radius 3 is 2.10 bits per heavy atom. The molecule has 0 aliphatic rings. The van der Waals surface area contributed by atoms with Crippen LogP contribution < -0.4 is 11.1 Å². The van der Waals surface area contributed by atoms with Crippen molar-refractivity contribution in [3.05, 3.63) is 12.3 Å². The summed E-state index contributed by atoms with van der Waals surface area (Å²) in [7, 11) is 1.22. The smallest absolute Gasteiger partial charge is 0.405 e. The predicted molar refractivity (Wildman–Crippen MR) is 32.2 cm³/mol. The minimum absolute atomic E-state index is 0.847. The van der Waals surface area contributed by atoms with Crippen LogP contribution in [0.1, 0.15) is 0 Å². The van der Waals surface area contributed by atoms with E-state index in [1.807, 2.05) is 0 Å². The second-order valence-corrected chi connectivity index (χ2v) is 1.69. The number of alkyl halides is 3. The van der Waals surface area contributed by atoms with Crippen LogP contribution in [-0.4, -0.2) is 19.3 Å². The molecule has 1 atom stereocenters. The van der Waals surface area contributed by atoms with E-state index < -0.39 is 12.2 Å². The number of halogens is 3. The number of nitrogens with two attached hydrogens (primary N) is 1. The molecule has 0 aliphatic carbocycles. The molecule has 0 rings (SSSR count). The van der Waals surface area contributed by atoms with E-state index in [1.54, 1.807) is 0 Å². The molecular weight excluding hydrogens is 145 g/mol. The Balaban J connectivity index is 4.07. The summed E-state index contributed by atoms with van der Waals surface area (Å²) < 4.78 is 35.2. The van der Waals surface area contributed by atoms with Crippen LogP contribution >= 0.6 is 0 Å². The molecule has 0 saturated heterocycles. The number of hydrogen-bond donors (Lipinski definition) is 2. The van der Waals surface area contributed by atoms with Crippen LogP contribution in [0, 0.1) is 0 Å². The maximum Gasteiger partial charge on any atom is 0.407 e. The van der Waals surface area contributed by atoms with E-state index in [-0.39, 0.29) is 0 Å². The highest BCUT2D eigenvalue weighted by atomic mass is 19.4. The third-order valence-corrected chi connectivity index (χ3v) is 0.967. The van der Waals surface area contributed by atoms with E-state index in [4.69, 9.17) is 5.73 Å². The zero-order valence-corrected chi connectivity index (χ0v) is 5.44. The molecule has 5 heteroatoms. The Morgan fingerprint density at radius 2 is 2.00 bits per heavy atom. The number of rotatable bonds is 2. The molecular formula is C5H9F3N2. The molecule has 0 spiro atoms. The fourth-order valence-corrected chi connectivity index (χ4v) is 0.480. The second-order valence-electron chi connectivity index (χ2n) is 1.69. The van der Waals surface area contributed by atoms with Crippen LogP contribution in [0.3, 0.4) is 0 Å². The van der Waals surface area contributed by atoms with Gasteiger partial charge in [-0.3, -0.25) is 0 Å². The summed E-state index contributed by atoms with van der Waals surface area (Å²) >= 11 is 0. The molecule has 0 aliphatic heterocycles. The molecule has 0 aromatic carbocycles. The SMILES string of the molecule is CNC(/C=C\N)C(F)(F)F. The summed E-state index contributed by atoms with van der Waals surface area (Å²) in [6.07, 6.45) is -2.54. The van der Waals surface area contributed by atoms with Gasteiger partial charge in [0.1, 0.15) is 6.04 Å². The maximum absolute atomic E-state index is 11.7. The summed E-state index contributed by atoms with van der Waals surface area (Å²) in [4.78, 5) is 0. The second kappa shape index (κ2) is 3.46. The molecule has 0 radical (unpaired) electrons. The van der Waals surface area contributed by atoms with Gasteiger partial charge in [-0.2, -0.15) is 13.2 Å². The van der Waals surface area contributed by atoms with E-state index >= 15 is 0 Å². The van der Waals surface area contributed by atoms with Crippen molar-refractivity contribution in [2.75, 3.05) is 7.05 Å². The number of nitrogens with one attached hydrogen (secondary N) is 1. The number of hydrogen-bond acceptors (Lipinski definition) is 2.